The van der Waals surface area contributed by atoms with Gasteiger partial charge in [0.2, 0.25) is 0 Å². The van der Waals surface area contributed by atoms with Gasteiger partial charge in [0.05, 0.1) is 6.42 Å². The van der Waals surface area contributed by atoms with Crippen LogP contribution in [0.15, 0.2) is 10.8 Å². The molecule has 0 aromatic carbocycles. The summed E-state index contributed by atoms with van der Waals surface area (Å²) in [7, 11) is 5.34. The van der Waals surface area contributed by atoms with Crippen LogP contribution in [0.1, 0.15) is 19.8 Å². The number of aliphatic hydroxyl groups is 3. The lowest BCUT2D eigenvalue weighted by Gasteiger charge is -2.11. The molecule has 0 saturated carbocycles. The van der Waals surface area contributed by atoms with Crippen LogP contribution in [0.2, 0.25) is 0 Å². The minimum absolute atomic E-state index is 0.441. The molecule has 3 N–H and O–H groups in total. The van der Waals surface area contributed by atoms with E-state index in [1.165, 1.54) is 0 Å². The molecule has 0 aromatic heterocycles. The molecule has 0 spiro atoms. The normalized spacial score (nSPS) is 13.9. The van der Waals surface area contributed by atoms with Gasteiger partial charge in [0.1, 0.15) is 0 Å². The van der Waals surface area contributed by atoms with Crippen LogP contribution in [0, 0.1) is 0 Å². The maximum atomic E-state index is 10.5. The number of hydrogen-bond acceptors (Lipinski definition) is 9. The first kappa shape index (κ1) is 16.8. The summed E-state index contributed by atoms with van der Waals surface area (Å²) in [6.45, 7) is 1.04. The minimum atomic E-state index is -2.89. The molecule has 0 radical (unpaired) electrons. The van der Waals surface area contributed by atoms with Crippen molar-refractivity contribution in [2.75, 3.05) is 0 Å². The van der Waals surface area contributed by atoms with Crippen LogP contribution < -0.4 is 0 Å². The van der Waals surface area contributed by atoms with Crippen LogP contribution in [-0.4, -0.2) is 33.2 Å². The van der Waals surface area contributed by atoms with Crippen molar-refractivity contribution in [1.29, 1.82) is 0 Å². The molecule has 0 saturated heterocycles. The maximum absolute atomic E-state index is 10.5. The first-order chi connectivity index (χ1) is 7.81. The highest BCUT2D eigenvalue weighted by atomic mass is 33.5. The first-order valence-corrected chi connectivity index (χ1v) is 7.94. The second-order valence-corrected chi connectivity index (χ2v) is 6.63. The van der Waals surface area contributed by atoms with Crippen LogP contribution in [-0.2, 0) is 14.3 Å². The van der Waals surface area contributed by atoms with Crippen molar-refractivity contribution in [3.05, 3.63) is 10.8 Å². The van der Waals surface area contributed by atoms with E-state index in [2.05, 4.69) is 15.6 Å². The zero-order valence-electron chi connectivity index (χ0n) is 8.86. The van der Waals surface area contributed by atoms with Crippen molar-refractivity contribution in [3.8, 4) is 0 Å². The predicted octanol–water partition coefficient (Wildman–Crippen LogP) is 0.988. The summed E-state index contributed by atoms with van der Waals surface area (Å²) in [5.41, 5.74) is 0. The molecule has 1 heterocycles. The van der Waals surface area contributed by atoms with E-state index in [9.17, 15) is 9.59 Å². The van der Waals surface area contributed by atoms with Crippen LogP contribution in [0.4, 0.5) is 0 Å². The maximum Gasteiger partial charge on any atom is 0.313 e. The molecular weight excluding hydrogens is 288 g/mol. The van der Waals surface area contributed by atoms with Gasteiger partial charge in [0.25, 0.3) is 5.97 Å². The molecule has 0 fully saturated rings. The lowest BCUT2D eigenvalue weighted by molar-refractivity contribution is -0.314. The van der Waals surface area contributed by atoms with E-state index < -0.39 is 30.8 Å². The van der Waals surface area contributed by atoms with Gasteiger partial charge < -0.3 is 20.1 Å². The first-order valence-electron chi connectivity index (χ1n) is 4.33. The summed E-state index contributed by atoms with van der Waals surface area (Å²) in [6, 6.07) is 0. The van der Waals surface area contributed by atoms with Crippen LogP contribution in [0.5, 0.6) is 0 Å². The Labute approximate surface area is 110 Å². The highest BCUT2D eigenvalue weighted by Crippen LogP contribution is 2.42. The van der Waals surface area contributed by atoms with E-state index in [4.69, 9.17) is 15.3 Å². The third-order valence-corrected chi connectivity index (χ3v) is 4.54. The van der Waals surface area contributed by atoms with Crippen molar-refractivity contribution in [3.63, 3.8) is 0 Å². The molecular formula is C8H12O6S3. The van der Waals surface area contributed by atoms with E-state index in [-0.39, 0.29) is 0 Å². The molecule has 0 amide bonds. The Morgan fingerprint density at radius 2 is 1.76 bits per heavy atom. The van der Waals surface area contributed by atoms with Gasteiger partial charge in [-0.2, -0.15) is 0 Å². The van der Waals surface area contributed by atoms with E-state index in [0.29, 0.717) is 0 Å². The average Bonchev–Trinajstić information content (AvgIpc) is 2.70. The predicted molar refractivity (Wildman–Crippen MR) is 67.3 cm³/mol. The minimum Gasteiger partial charge on any atom is -0.393 e. The molecule has 17 heavy (non-hydrogen) atoms. The second-order valence-electron chi connectivity index (χ2n) is 2.77. The van der Waals surface area contributed by atoms with Gasteiger partial charge in [0.15, 0.2) is 0 Å². The molecule has 1 aliphatic heterocycles. The Kier molecular flexibility index (Phi) is 8.74. The Bertz CT molecular complexity index is 279. The van der Waals surface area contributed by atoms with E-state index in [1.807, 2.05) is 0 Å². The van der Waals surface area contributed by atoms with Gasteiger partial charge in [-0.25, -0.2) is 0 Å². The van der Waals surface area contributed by atoms with Crippen molar-refractivity contribution in [1.82, 2.24) is 0 Å². The summed E-state index contributed by atoms with van der Waals surface area (Å²) in [6.07, 6.45) is -1.04. The molecule has 0 bridgehead atoms. The Hall–Kier alpha value is -0.190. The van der Waals surface area contributed by atoms with E-state index >= 15 is 0 Å². The fraction of sp³-hybridized carbons (Fsp3) is 0.500. The third-order valence-electron chi connectivity index (χ3n) is 1.17. The topological polar surface area (TPSA) is 104 Å². The number of ether oxygens (including phenoxy) is 1. The number of carbonyl (C=O) groups excluding carboxylic acids is 2. The summed E-state index contributed by atoms with van der Waals surface area (Å²) in [5.74, 6) is -4.58. The molecule has 0 unspecified atom stereocenters. The van der Waals surface area contributed by atoms with Gasteiger partial charge in [-0.05, 0) is 20.6 Å². The highest BCUT2D eigenvalue weighted by Gasteiger charge is 2.20. The number of rotatable bonds is 3. The summed E-state index contributed by atoms with van der Waals surface area (Å²) in [4.78, 5) is 20.7. The SMILES string of the molecule is C1=CSSS1.CC(=O)OC(=O)CCC(O)(O)O. The number of esters is 2. The van der Waals surface area contributed by atoms with Gasteiger partial charge in [0, 0.05) is 13.3 Å². The molecule has 1 rings (SSSR count). The summed E-state index contributed by atoms with van der Waals surface area (Å²) < 4.78 is 4.03. The molecule has 9 heteroatoms. The molecule has 0 atom stereocenters. The van der Waals surface area contributed by atoms with Gasteiger partial charge in [-0.3, -0.25) is 9.59 Å². The van der Waals surface area contributed by atoms with E-state index in [0.717, 1.165) is 6.92 Å². The molecule has 6 nitrogen and oxygen atoms in total. The van der Waals surface area contributed by atoms with Gasteiger partial charge in [-0.1, -0.05) is 21.6 Å². The molecule has 0 aromatic rings. The Morgan fingerprint density at radius 3 is 2.06 bits per heavy atom. The van der Waals surface area contributed by atoms with Crippen LogP contribution >= 0.6 is 31.4 Å². The summed E-state index contributed by atoms with van der Waals surface area (Å²) >= 11 is 0. The summed E-state index contributed by atoms with van der Waals surface area (Å²) in [5, 5.41) is 29.1. The standard InChI is InChI=1S/C6H10O6.C2H2S3/c1-4(7)12-5(8)2-3-6(9,10)11;1-2-4-5-3-1/h9-11H,2-3H2,1H3;1-2H. The van der Waals surface area contributed by atoms with Gasteiger partial charge in [-0.15, -0.1) is 0 Å². The molecule has 0 aliphatic carbocycles. The molecule has 1 aliphatic rings. The quantitative estimate of drug-likeness (QED) is 0.304. The van der Waals surface area contributed by atoms with Crippen LogP contribution in [0.25, 0.3) is 0 Å². The Balaban J connectivity index is 0.000000419. The highest BCUT2D eigenvalue weighted by molar-refractivity contribution is 9.11. The lowest BCUT2D eigenvalue weighted by Crippen LogP contribution is -2.28. The fourth-order valence-corrected chi connectivity index (χ4v) is 3.54. The second kappa shape index (κ2) is 8.84. The zero-order chi connectivity index (χ0) is 13.3. The molecule has 98 valence electrons. The van der Waals surface area contributed by atoms with Crippen LogP contribution in [0.3, 0.4) is 0 Å². The van der Waals surface area contributed by atoms with E-state index in [1.54, 1.807) is 31.4 Å². The number of hydrogen-bond donors (Lipinski definition) is 3. The zero-order valence-corrected chi connectivity index (χ0v) is 11.3. The van der Waals surface area contributed by atoms with Crippen molar-refractivity contribution in [2.24, 2.45) is 0 Å². The smallest absolute Gasteiger partial charge is 0.313 e. The van der Waals surface area contributed by atoms with Crippen molar-refractivity contribution >= 4 is 43.4 Å². The average molecular weight is 300 g/mol. The van der Waals surface area contributed by atoms with Gasteiger partial charge >= 0.3 is 11.9 Å². The largest absolute Gasteiger partial charge is 0.393 e. The lowest BCUT2D eigenvalue weighted by atomic mass is 10.3. The van der Waals surface area contributed by atoms with Crippen molar-refractivity contribution in [2.45, 2.75) is 25.7 Å². The monoisotopic (exact) mass is 300 g/mol. The Morgan fingerprint density at radius 1 is 1.24 bits per heavy atom. The van der Waals surface area contributed by atoms with Crippen molar-refractivity contribution < 1.29 is 29.6 Å². The third kappa shape index (κ3) is 13.7. The number of carbonyl (C=O) groups is 2. The fourth-order valence-electron chi connectivity index (χ4n) is 0.595.